The third-order valence-electron chi connectivity index (χ3n) is 3.80. The van der Waals surface area contributed by atoms with Gasteiger partial charge in [-0.05, 0) is 25.0 Å². The van der Waals surface area contributed by atoms with Crippen molar-refractivity contribution < 1.29 is 4.79 Å². The van der Waals surface area contributed by atoms with E-state index in [4.69, 9.17) is 5.73 Å². The Morgan fingerprint density at radius 3 is 2.71 bits per heavy atom. The number of hydrogen-bond acceptors (Lipinski definition) is 5. The molecule has 2 heterocycles. The van der Waals surface area contributed by atoms with Gasteiger partial charge in [0.2, 0.25) is 11.9 Å². The van der Waals surface area contributed by atoms with E-state index < -0.39 is 0 Å². The van der Waals surface area contributed by atoms with Crippen molar-refractivity contribution in [3.05, 3.63) is 24.3 Å². The second kappa shape index (κ2) is 5.55. The van der Waals surface area contributed by atoms with E-state index in [0.29, 0.717) is 5.95 Å². The molecular weight excluding hydrogens is 266 g/mol. The Labute approximate surface area is 123 Å². The van der Waals surface area contributed by atoms with Crippen molar-refractivity contribution >= 4 is 28.6 Å². The van der Waals surface area contributed by atoms with Crippen molar-refractivity contribution in [3.8, 4) is 0 Å². The zero-order chi connectivity index (χ0) is 14.8. The van der Waals surface area contributed by atoms with Gasteiger partial charge in [0.1, 0.15) is 5.82 Å². The number of carbonyl (C=O) groups is 1. The number of para-hydroxylation sites is 1. The third kappa shape index (κ3) is 2.89. The van der Waals surface area contributed by atoms with Crippen LogP contribution in [0.25, 0.3) is 10.9 Å². The maximum Gasteiger partial charge on any atom is 0.222 e. The van der Waals surface area contributed by atoms with E-state index in [0.717, 1.165) is 42.7 Å². The lowest BCUT2D eigenvalue weighted by Gasteiger charge is -2.33. The lowest BCUT2D eigenvalue weighted by molar-refractivity contribution is -0.119. The number of fused-ring (bicyclic) bond motifs is 1. The van der Waals surface area contributed by atoms with Crippen molar-refractivity contribution in [1.29, 1.82) is 0 Å². The number of nitrogens with zero attached hydrogens (tertiary/aromatic N) is 3. The van der Waals surface area contributed by atoms with Gasteiger partial charge in [-0.1, -0.05) is 12.1 Å². The van der Waals surface area contributed by atoms with E-state index in [2.05, 4.69) is 20.2 Å². The summed E-state index contributed by atoms with van der Waals surface area (Å²) in [4.78, 5) is 22.0. The maximum atomic E-state index is 11.1. The molecule has 0 spiro atoms. The summed E-state index contributed by atoms with van der Waals surface area (Å²) in [6.07, 6.45) is 1.83. The van der Waals surface area contributed by atoms with Gasteiger partial charge in [0.05, 0.1) is 5.52 Å². The first-order valence-electron chi connectivity index (χ1n) is 7.18. The molecule has 1 aliphatic heterocycles. The number of anilines is 2. The zero-order valence-corrected chi connectivity index (χ0v) is 12.0. The highest BCUT2D eigenvalue weighted by molar-refractivity contribution is 5.90. The fraction of sp³-hybridized carbons (Fsp3) is 0.400. The average Bonchev–Trinajstić information content (AvgIpc) is 2.46. The first-order valence-corrected chi connectivity index (χ1v) is 7.18. The molecule has 1 aromatic carbocycles. The summed E-state index contributed by atoms with van der Waals surface area (Å²) in [6, 6.07) is 8.14. The van der Waals surface area contributed by atoms with Crippen LogP contribution in [0.15, 0.2) is 24.3 Å². The number of aromatic nitrogens is 2. The van der Waals surface area contributed by atoms with Gasteiger partial charge < -0.3 is 16.0 Å². The average molecular weight is 285 g/mol. The standard InChI is InChI=1S/C15H19N5O/c1-10(21)17-11-6-8-20(9-7-11)14-12-4-2-3-5-13(12)18-15(16)19-14/h2-5,11H,6-9H2,1H3,(H,17,21)(H2,16,18,19). The summed E-state index contributed by atoms with van der Waals surface area (Å²) >= 11 is 0. The number of amides is 1. The Balaban J connectivity index is 1.84. The summed E-state index contributed by atoms with van der Waals surface area (Å²) in [5.41, 5.74) is 6.68. The second-order valence-electron chi connectivity index (χ2n) is 5.38. The molecule has 0 bridgehead atoms. The first kappa shape index (κ1) is 13.6. The molecule has 6 nitrogen and oxygen atoms in total. The molecule has 1 aliphatic rings. The van der Waals surface area contributed by atoms with Crippen LogP contribution >= 0.6 is 0 Å². The molecule has 1 aromatic heterocycles. The minimum atomic E-state index is 0.0326. The molecule has 1 amide bonds. The predicted molar refractivity (Wildman–Crippen MR) is 83.0 cm³/mol. The van der Waals surface area contributed by atoms with Gasteiger partial charge in [-0.2, -0.15) is 4.98 Å². The van der Waals surface area contributed by atoms with Gasteiger partial charge in [-0.3, -0.25) is 4.79 Å². The van der Waals surface area contributed by atoms with Crippen LogP contribution in [0.2, 0.25) is 0 Å². The van der Waals surface area contributed by atoms with Crippen LogP contribution < -0.4 is 16.0 Å². The largest absolute Gasteiger partial charge is 0.368 e. The Kier molecular flexibility index (Phi) is 3.60. The van der Waals surface area contributed by atoms with Crippen molar-refractivity contribution in [2.24, 2.45) is 0 Å². The molecule has 0 unspecified atom stereocenters. The molecule has 3 N–H and O–H groups in total. The summed E-state index contributed by atoms with van der Waals surface area (Å²) in [5.74, 6) is 1.22. The van der Waals surface area contributed by atoms with E-state index in [-0.39, 0.29) is 11.9 Å². The zero-order valence-electron chi connectivity index (χ0n) is 12.0. The van der Waals surface area contributed by atoms with Crippen molar-refractivity contribution in [2.45, 2.75) is 25.8 Å². The molecule has 3 rings (SSSR count). The van der Waals surface area contributed by atoms with Crippen LogP contribution in [-0.4, -0.2) is 35.0 Å². The van der Waals surface area contributed by atoms with Crippen molar-refractivity contribution in [3.63, 3.8) is 0 Å². The predicted octanol–water partition coefficient (Wildman–Crippen LogP) is 1.32. The first-order chi connectivity index (χ1) is 10.1. The smallest absolute Gasteiger partial charge is 0.222 e. The summed E-state index contributed by atoms with van der Waals surface area (Å²) in [7, 11) is 0. The summed E-state index contributed by atoms with van der Waals surface area (Å²) in [5, 5.41) is 4.00. The number of nitrogens with two attached hydrogens (primary N) is 1. The fourth-order valence-corrected chi connectivity index (χ4v) is 2.84. The highest BCUT2D eigenvalue weighted by atomic mass is 16.1. The quantitative estimate of drug-likeness (QED) is 0.869. The third-order valence-corrected chi connectivity index (χ3v) is 3.80. The molecule has 1 saturated heterocycles. The van der Waals surface area contributed by atoms with E-state index >= 15 is 0 Å². The highest BCUT2D eigenvalue weighted by Crippen LogP contribution is 2.26. The Hall–Kier alpha value is -2.37. The van der Waals surface area contributed by atoms with Gasteiger partial charge >= 0.3 is 0 Å². The number of hydrogen-bond donors (Lipinski definition) is 2. The van der Waals surface area contributed by atoms with Crippen LogP contribution in [0.4, 0.5) is 11.8 Å². The van der Waals surface area contributed by atoms with Crippen LogP contribution in [0, 0.1) is 0 Å². The molecule has 0 saturated carbocycles. The molecule has 6 heteroatoms. The van der Waals surface area contributed by atoms with Gasteiger partial charge in [-0.15, -0.1) is 0 Å². The maximum absolute atomic E-state index is 11.1. The molecule has 0 atom stereocenters. The van der Waals surface area contributed by atoms with Gasteiger partial charge in [0, 0.05) is 31.4 Å². The van der Waals surface area contributed by atoms with Crippen LogP contribution in [0.1, 0.15) is 19.8 Å². The lowest BCUT2D eigenvalue weighted by atomic mass is 10.0. The summed E-state index contributed by atoms with van der Waals surface area (Å²) < 4.78 is 0. The monoisotopic (exact) mass is 285 g/mol. The topological polar surface area (TPSA) is 84.1 Å². The summed E-state index contributed by atoms with van der Waals surface area (Å²) in [6.45, 7) is 3.27. The Morgan fingerprint density at radius 1 is 1.29 bits per heavy atom. The van der Waals surface area contributed by atoms with E-state index in [1.807, 2.05) is 24.3 Å². The number of nitrogens with one attached hydrogen (secondary N) is 1. The van der Waals surface area contributed by atoms with E-state index in [1.165, 1.54) is 0 Å². The van der Waals surface area contributed by atoms with Crippen LogP contribution in [0.5, 0.6) is 0 Å². The SMILES string of the molecule is CC(=O)NC1CCN(c2nc(N)nc3ccccc23)CC1. The minimum absolute atomic E-state index is 0.0326. The Morgan fingerprint density at radius 2 is 2.00 bits per heavy atom. The van der Waals surface area contributed by atoms with Crippen molar-refractivity contribution in [1.82, 2.24) is 15.3 Å². The molecule has 2 aromatic rings. The Bertz CT molecular complexity index is 664. The van der Waals surface area contributed by atoms with Crippen molar-refractivity contribution in [2.75, 3.05) is 23.7 Å². The minimum Gasteiger partial charge on any atom is -0.368 e. The second-order valence-corrected chi connectivity index (χ2v) is 5.38. The molecular formula is C15H19N5O. The fourth-order valence-electron chi connectivity index (χ4n) is 2.84. The molecule has 21 heavy (non-hydrogen) atoms. The number of benzene rings is 1. The molecule has 0 aliphatic carbocycles. The molecule has 1 fully saturated rings. The normalized spacial score (nSPS) is 16.1. The number of piperidine rings is 1. The van der Waals surface area contributed by atoms with Gasteiger partial charge in [0.15, 0.2) is 0 Å². The lowest BCUT2D eigenvalue weighted by Crippen LogP contribution is -2.44. The van der Waals surface area contributed by atoms with Crippen LogP contribution in [-0.2, 0) is 4.79 Å². The number of carbonyl (C=O) groups excluding carboxylic acids is 1. The van der Waals surface area contributed by atoms with Crippen LogP contribution in [0.3, 0.4) is 0 Å². The number of nitrogen functional groups attached to an aromatic ring is 1. The number of rotatable bonds is 2. The highest BCUT2D eigenvalue weighted by Gasteiger charge is 2.22. The van der Waals surface area contributed by atoms with E-state index in [1.54, 1.807) is 6.92 Å². The van der Waals surface area contributed by atoms with Gasteiger partial charge in [-0.25, -0.2) is 4.98 Å². The molecule has 0 radical (unpaired) electrons. The van der Waals surface area contributed by atoms with E-state index in [9.17, 15) is 4.79 Å². The molecule has 110 valence electrons. The van der Waals surface area contributed by atoms with Gasteiger partial charge in [0.25, 0.3) is 0 Å².